The molecule has 150 valence electrons. The molecule has 0 aliphatic carbocycles. The molecule has 1 saturated heterocycles. The number of ether oxygens (including phenoxy) is 1. The number of amides is 1. The fourth-order valence-electron chi connectivity index (χ4n) is 3.69. The van der Waals surface area contributed by atoms with Crippen LogP contribution in [0.5, 0.6) is 0 Å². The quantitative estimate of drug-likeness (QED) is 0.820. The van der Waals surface area contributed by atoms with Gasteiger partial charge < -0.3 is 15.0 Å². The minimum Gasteiger partial charge on any atom is -0.370 e. The maximum Gasteiger partial charge on any atom is 0.416 e. The highest BCUT2D eigenvalue weighted by Crippen LogP contribution is 2.29. The van der Waals surface area contributed by atoms with E-state index in [9.17, 15) is 18.0 Å². The summed E-state index contributed by atoms with van der Waals surface area (Å²) in [5, 5.41) is 2.90. The summed E-state index contributed by atoms with van der Waals surface area (Å²) in [5.41, 5.74) is 0.257. The Morgan fingerprint density at radius 3 is 2.39 bits per heavy atom. The highest BCUT2D eigenvalue weighted by Gasteiger charge is 2.33. The van der Waals surface area contributed by atoms with Crippen LogP contribution in [0.15, 0.2) is 54.6 Å². The molecule has 1 fully saturated rings. The van der Waals surface area contributed by atoms with Crippen molar-refractivity contribution in [2.24, 2.45) is 0 Å². The molecule has 1 amide bonds. The van der Waals surface area contributed by atoms with E-state index in [2.05, 4.69) is 5.32 Å². The molecule has 0 aromatic heterocycles. The molecule has 0 unspecified atom stereocenters. The Hall–Kier alpha value is -2.38. The van der Waals surface area contributed by atoms with Gasteiger partial charge in [-0.3, -0.25) is 4.79 Å². The Morgan fingerprint density at radius 1 is 1.07 bits per heavy atom. The lowest BCUT2D eigenvalue weighted by atomic mass is 9.97. The molecule has 1 aliphatic heterocycles. The summed E-state index contributed by atoms with van der Waals surface area (Å²) in [6, 6.07) is 14.1. The third-order valence-corrected chi connectivity index (χ3v) is 5.04. The molecule has 7 heteroatoms. The van der Waals surface area contributed by atoms with Crippen LogP contribution >= 0.6 is 0 Å². The van der Waals surface area contributed by atoms with Crippen molar-refractivity contribution in [3.05, 3.63) is 71.3 Å². The number of alkyl halides is 3. The molecule has 2 atom stereocenters. The first kappa shape index (κ1) is 20.4. The number of hydrogen-bond donors (Lipinski definition) is 2. The second-order valence-corrected chi connectivity index (χ2v) is 7.00. The van der Waals surface area contributed by atoms with Gasteiger partial charge in [-0.2, -0.15) is 13.2 Å². The van der Waals surface area contributed by atoms with Crippen LogP contribution in [-0.2, 0) is 10.9 Å². The number of benzene rings is 2. The molecule has 28 heavy (non-hydrogen) atoms. The monoisotopic (exact) mass is 393 g/mol. The predicted octanol–water partition coefficient (Wildman–Crippen LogP) is 2.48. The molecular formula is C21H24F3N2O2+. The molecule has 0 bridgehead atoms. The van der Waals surface area contributed by atoms with Crippen LogP contribution in [0.2, 0.25) is 0 Å². The number of quaternary nitrogens is 1. The first-order chi connectivity index (χ1) is 13.4. The molecule has 1 aliphatic rings. The summed E-state index contributed by atoms with van der Waals surface area (Å²) in [6.45, 7) is 4.80. The number of hydrogen-bond acceptors (Lipinski definition) is 2. The van der Waals surface area contributed by atoms with E-state index in [0.717, 1.165) is 30.8 Å². The Kier molecular flexibility index (Phi) is 6.36. The first-order valence-corrected chi connectivity index (χ1v) is 9.31. The molecule has 2 aromatic rings. The van der Waals surface area contributed by atoms with E-state index in [-0.39, 0.29) is 17.6 Å². The van der Waals surface area contributed by atoms with E-state index in [1.54, 1.807) is 0 Å². The summed E-state index contributed by atoms with van der Waals surface area (Å²) in [5.74, 6) is -0.507. The van der Waals surface area contributed by atoms with Crippen LogP contribution in [0, 0.1) is 0 Å². The lowest BCUT2D eigenvalue weighted by Crippen LogP contribution is -3.15. The number of morpholine rings is 1. The van der Waals surface area contributed by atoms with Crippen LogP contribution < -0.4 is 10.2 Å². The van der Waals surface area contributed by atoms with Gasteiger partial charge in [0.05, 0.1) is 24.8 Å². The average Bonchev–Trinajstić information content (AvgIpc) is 2.69. The maximum absolute atomic E-state index is 12.9. The van der Waals surface area contributed by atoms with E-state index in [1.165, 1.54) is 17.0 Å². The number of rotatable bonds is 5. The zero-order valence-electron chi connectivity index (χ0n) is 15.6. The van der Waals surface area contributed by atoms with E-state index in [1.807, 2.05) is 37.3 Å². The van der Waals surface area contributed by atoms with Gasteiger partial charge in [0.15, 0.2) is 0 Å². The van der Waals surface area contributed by atoms with Gasteiger partial charge in [-0.1, -0.05) is 36.4 Å². The second kappa shape index (κ2) is 8.75. The van der Waals surface area contributed by atoms with Gasteiger partial charge in [0.2, 0.25) is 0 Å². The van der Waals surface area contributed by atoms with Gasteiger partial charge in [-0.25, -0.2) is 0 Å². The summed E-state index contributed by atoms with van der Waals surface area (Å²) >= 11 is 0. The molecule has 0 spiro atoms. The van der Waals surface area contributed by atoms with Crippen molar-refractivity contribution in [3.8, 4) is 0 Å². The zero-order chi connectivity index (χ0) is 20.1. The maximum atomic E-state index is 12.9. The lowest BCUT2D eigenvalue weighted by molar-refractivity contribution is -0.940. The van der Waals surface area contributed by atoms with Crippen molar-refractivity contribution >= 4 is 5.91 Å². The van der Waals surface area contributed by atoms with E-state index < -0.39 is 17.6 Å². The molecule has 3 rings (SSSR count). The molecule has 4 nitrogen and oxygen atoms in total. The van der Waals surface area contributed by atoms with Gasteiger partial charge in [-0.05, 0) is 25.1 Å². The SMILES string of the molecule is C[C@@H](NC(=O)c1cccc(C(F)(F)F)c1)[C@H](c1ccccc1)[NH+]1CCOCC1. The Balaban J connectivity index is 1.79. The third kappa shape index (κ3) is 4.91. The van der Waals surface area contributed by atoms with Crippen molar-refractivity contribution in [2.75, 3.05) is 26.3 Å². The summed E-state index contributed by atoms with van der Waals surface area (Å²) < 4.78 is 44.3. The number of carbonyl (C=O) groups is 1. The zero-order valence-corrected chi connectivity index (χ0v) is 15.6. The van der Waals surface area contributed by atoms with E-state index in [4.69, 9.17) is 4.74 Å². The molecule has 0 saturated carbocycles. The minimum atomic E-state index is -4.48. The topological polar surface area (TPSA) is 42.8 Å². The Morgan fingerprint density at radius 2 is 1.75 bits per heavy atom. The molecule has 2 N–H and O–H groups in total. The Labute approximate surface area is 162 Å². The van der Waals surface area contributed by atoms with Crippen molar-refractivity contribution in [2.45, 2.75) is 25.2 Å². The fraction of sp³-hybridized carbons (Fsp3) is 0.381. The van der Waals surface area contributed by atoms with Crippen LogP contribution in [-0.4, -0.2) is 38.3 Å². The van der Waals surface area contributed by atoms with Gasteiger partial charge in [0, 0.05) is 11.1 Å². The number of carbonyl (C=O) groups excluding carboxylic acids is 1. The first-order valence-electron chi connectivity index (χ1n) is 9.31. The standard InChI is InChI=1S/C21H23F3N2O2/c1-15(25-20(27)17-8-5-9-18(14-17)21(22,23)24)19(16-6-3-2-4-7-16)26-10-12-28-13-11-26/h2-9,14-15,19H,10-13H2,1H3,(H,25,27)/p+1/t15-,19-/m1/s1. The molecule has 0 radical (unpaired) electrons. The van der Waals surface area contributed by atoms with Gasteiger partial charge in [-0.15, -0.1) is 0 Å². The highest BCUT2D eigenvalue weighted by atomic mass is 19.4. The van der Waals surface area contributed by atoms with Gasteiger partial charge in [0.1, 0.15) is 19.1 Å². The van der Waals surface area contributed by atoms with Crippen molar-refractivity contribution < 1.29 is 27.6 Å². The fourth-order valence-corrected chi connectivity index (χ4v) is 3.69. The van der Waals surface area contributed by atoms with Gasteiger partial charge >= 0.3 is 6.18 Å². The average molecular weight is 393 g/mol. The predicted molar refractivity (Wildman–Crippen MR) is 99.1 cm³/mol. The summed E-state index contributed by atoms with van der Waals surface area (Å²) in [7, 11) is 0. The van der Waals surface area contributed by atoms with Crippen molar-refractivity contribution in [3.63, 3.8) is 0 Å². The number of halogens is 3. The molecule has 2 aromatic carbocycles. The number of nitrogens with one attached hydrogen (secondary N) is 2. The molecular weight excluding hydrogens is 369 g/mol. The van der Waals surface area contributed by atoms with Crippen LogP contribution in [0.1, 0.15) is 34.5 Å². The second-order valence-electron chi connectivity index (χ2n) is 7.00. The van der Waals surface area contributed by atoms with Gasteiger partial charge in [0.25, 0.3) is 5.91 Å². The summed E-state index contributed by atoms with van der Waals surface area (Å²) in [6.07, 6.45) is -4.48. The van der Waals surface area contributed by atoms with Crippen LogP contribution in [0.25, 0.3) is 0 Å². The van der Waals surface area contributed by atoms with E-state index in [0.29, 0.717) is 13.2 Å². The molecule has 1 heterocycles. The van der Waals surface area contributed by atoms with Crippen LogP contribution in [0.3, 0.4) is 0 Å². The smallest absolute Gasteiger partial charge is 0.370 e. The largest absolute Gasteiger partial charge is 0.416 e. The van der Waals surface area contributed by atoms with Crippen molar-refractivity contribution in [1.82, 2.24) is 5.32 Å². The highest BCUT2D eigenvalue weighted by molar-refractivity contribution is 5.94. The van der Waals surface area contributed by atoms with E-state index >= 15 is 0 Å². The Bertz CT molecular complexity index is 790. The van der Waals surface area contributed by atoms with Crippen molar-refractivity contribution in [1.29, 1.82) is 0 Å². The third-order valence-electron chi connectivity index (χ3n) is 5.04. The minimum absolute atomic E-state index is 0.00506. The summed E-state index contributed by atoms with van der Waals surface area (Å²) in [4.78, 5) is 13.9. The normalized spacial score (nSPS) is 17.7. The van der Waals surface area contributed by atoms with Crippen LogP contribution in [0.4, 0.5) is 13.2 Å². The lowest BCUT2D eigenvalue weighted by Gasteiger charge is -2.35.